The molecule has 16 heavy (non-hydrogen) atoms. The third-order valence-corrected chi connectivity index (χ3v) is 4.09. The smallest absolute Gasteiger partial charge is 0.265 e. The SMILES string of the molecule is CCc1nc(C2CCCCC2)[nH]c(=O)c1Br. The summed E-state index contributed by atoms with van der Waals surface area (Å²) in [4.78, 5) is 19.2. The van der Waals surface area contributed by atoms with Crippen LogP contribution in [0.1, 0.15) is 56.5 Å². The van der Waals surface area contributed by atoms with Gasteiger partial charge >= 0.3 is 0 Å². The predicted molar refractivity (Wildman–Crippen MR) is 67.8 cm³/mol. The summed E-state index contributed by atoms with van der Waals surface area (Å²) in [5.74, 6) is 1.35. The van der Waals surface area contributed by atoms with Crippen LogP contribution in [0.3, 0.4) is 0 Å². The number of nitrogens with zero attached hydrogens (tertiary/aromatic N) is 1. The minimum absolute atomic E-state index is 0.0348. The zero-order valence-electron chi connectivity index (χ0n) is 9.55. The third kappa shape index (κ3) is 2.37. The fourth-order valence-corrected chi connectivity index (χ4v) is 2.80. The van der Waals surface area contributed by atoms with Crippen molar-refractivity contribution in [2.45, 2.75) is 51.4 Å². The Morgan fingerprint density at radius 2 is 2.06 bits per heavy atom. The van der Waals surface area contributed by atoms with Crippen LogP contribution < -0.4 is 5.56 Å². The molecular formula is C12H17BrN2O. The van der Waals surface area contributed by atoms with Crippen LogP contribution in [0.5, 0.6) is 0 Å². The van der Waals surface area contributed by atoms with Gasteiger partial charge in [-0.25, -0.2) is 4.98 Å². The van der Waals surface area contributed by atoms with E-state index in [1.807, 2.05) is 6.92 Å². The van der Waals surface area contributed by atoms with Crippen molar-refractivity contribution in [3.8, 4) is 0 Å². The lowest BCUT2D eigenvalue weighted by molar-refractivity contribution is 0.426. The largest absolute Gasteiger partial charge is 0.309 e. The van der Waals surface area contributed by atoms with Crippen molar-refractivity contribution in [1.82, 2.24) is 9.97 Å². The topological polar surface area (TPSA) is 45.8 Å². The second-order valence-corrected chi connectivity index (χ2v) is 5.19. The first-order valence-corrected chi connectivity index (χ1v) is 6.80. The average Bonchev–Trinajstić information content (AvgIpc) is 2.33. The minimum Gasteiger partial charge on any atom is -0.309 e. The maximum atomic E-state index is 11.7. The normalized spacial score (nSPS) is 17.6. The Balaban J connectivity index is 2.33. The van der Waals surface area contributed by atoms with E-state index in [2.05, 4.69) is 25.9 Å². The van der Waals surface area contributed by atoms with Gasteiger partial charge in [-0.3, -0.25) is 4.79 Å². The zero-order chi connectivity index (χ0) is 11.5. The van der Waals surface area contributed by atoms with E-state index in [1.165, 1.54) is 19.3 Å². The van der Waals surface area contributed by atoms with Crippen molar-refractivity contribution >= 4 is 15.9 Å². The number of aromatic nitrogens is 2. The van der Waals surface area contributed by atoms with Crippen LogP contribution in [-0.2, 0) is 6.42 Å². The number of nitrogens with one attached hydrogen (secondary N) is 1. The highest BCUT2D eigenvalue weighted by molar-refractivity contribution is 9.10. The van der Waals surface area contributed by atoms with E-state index in [0.29, 0.717) is 10.4 Å². The fourth-order valence-electron chi connectivity index (χ4n) is 2.33. The molecule has 0 radical (unpaired) electrons. The van der Waals surface area contributed by atoms with Gasteiger partial charge in [0.05, 0.1) is 5.69 Å². The van der Waals surface area contributed by atoms with E-state index in [4.69, 9.17) is 0 Å². The van der Waals surface area contributed by atoms with Gasteiger partial charge in [0.2, 0.25) is 0 Å². The molecule has 0 saturated heterocycles. The van der Waals surface area contributed by atoms with Crippen molar-refractivity contribution in [2.24, 2.45) is 0 Å². The second kappa shape index (κ2) is 5.13. The molecule has 0 aliphatic heterocycles. The second-order valence-electron chi connectivity index (χ2n) is 4.40. The van der Waals surface area contributed by atoms with E-state index >= 15 is 0 Å². The maximum Gasteiger partial charge on any atom is 0.265 e. The van der Waals surface area contributed by atoms with Crippen molar-refractivity contribution in [1.29, 1.82) is 0 Å². The standard InChI is InChI=1S/C12H17BrN2O/c1-2-9-10(13)12(16)15-11(14-9)8-6-4-3-5-7-8/h8H,2-7H2,1H3,(H,14,15,16). The van der Waals surface area contributed by atoms with Crippen molar-refractivity contribution in [3.05, 3.63) is 26.3 Å². The molecule has 1 heterocycles. The Bertz CT molecular complexity index is 422. The number of aryl methyl sites for hydroxylation is 1. The van der Waals surface area contributed by atoms with Crippen LogP contribution in [0, 0.1) is 0 Å². The Labute approximate surface area is 104 Å². The minimum atomic E-state index is -0.0348. The lowest BCUT2D eigenvalue weighted by Gasteiger charge is -2.21. The molecule has 88 valence electrons. The van der Waals surface area contributed by atoms with Crippen LogP contribution in [0.2, 0.25) is 0 Å². The molecule has 1 aromatic rings. The first-order valence-electron chi connectivity index (χ1n) is 6.01. The number of H-pyrrole nitrogens is 1. The third-order valence-electron chi connectivity index (χ3n) is 3.28. The number of rotatable bonds is 2. The van der Waals surface area contributed by atoms with Gasteiger partial charge in [-0.2, -0.15) is 0 Å². The molecule has 0 atom stereocenters. The molecule has 2 rings (SSSR count). The Kier molecular flexibility index (Phi) is 3.79. The van der Waals surface area contributed by atoms with Gasteiger partial charge in [-0.1, -0.05) is 26.2 Å². The molecule has 0 bridgehead atoms. The summed E-state index contributed by atoms with van der Waals surface area (Å²) < 4.78 is 0.592. The molecule has 0 spiro atoms. The van der Waals surface area contributed by atoms with E-state index in [0.717, 1.165) is 30.8 Å². The molecule has 1 aliphatic rings. The quantitative estimate of drug-likeness (QED) is 0.907. The average molecular weight is 285 g/mol. The Morgan fingerprint density at radius 1 is 1.38 bits per heavy atom. The van der Waals surface area contributed by atoms with Crippen LogP contribution in [0.15, 0.2) is 9.27 Å². The van der Waals surface area contributed by atoms with Crippen LogP contribution >= 0.6 is 15.9 Å². The summed E-state index contributed by atoms with van der Waals surface area (Å²) in [7, 11) is 0. The van der Waals surface area contributed by atoms with Gasteiger partial charge in [-0.05, 0) is 35.2 Å². The zero-order valence-corrected chi connectivity index (χ0v) is 11.1. The number of hydrogen-bond donors (Lipinski definition) is 1. The molecule has 1 N–H and O–H groups in total. The van der Waals surface area contributed by atoms with Crippen LogP contribution in [0.4, 0.5) is 0 Å². The molecule has 0 amide bonds. The summed E-state index contributed by atoms with van der Waals surface area (Å²) in [5.41, 5.74) is 0.844. The number of hydrogen-bond acceptors (Lipinski definition) is 2. The molecule has 0 aromatic carbocycles. The summed E-state index contributed by atoms with van der Waals surface area (Å²) in [6.45, 7) is 2.02. The van der Waals surface area contributed by atoms with E-state index in [1.54, 1.807) is 0 Å². The molecule has 3 nitrogen and oxygen atoms in total. The van der Waals surface area contributed by atoms with Gasteiger partial charge in [0, 0.05) is 5.92 Å². The Hall–Kier alpha value is -0.640. The summed E-state index contributed by atoms with van der Waals surface area (Å²) in [6, 6.07) is 0. The summed E-state index contributed by atoms with van der Waals surface area (Å²) in [6.07, 6.45) is 6.95. The van der Waals surface area contributed by atoms with Crippen molar-refractivity contribution in [2.75, 3.05) is 0 Å². The van der Waals surface area contributed by atoms with Crippen molar-refractivity contribution in [3.63, 3.8) is 0 Å². The number of aromatic amines is 1. The first-order chi connectivity index (χ1) is 7.72. The molecule has 1 aromatic heterocycles. The molecule has 1 fully saturated rings. The first kappa shape index (κ1) is 11.8. The van der Waals surface area contributed by atoms with Crippen LogP contribution in [-0.4, -0.2) is 9.97 Å². The highest BCUT2D eigenvalue weighted by atomic mass is 79.9. The fraction of sp³-hybridized carbons (Fsp3) is 0.667. The maximum absolute atomic E-state index is 11.7. The Morgan fingerprint density at radius 3 is 2.69 bits per heavy atom. The molecule has 4 heteroatoms. The van der Waals surface area contributed by atoms with E-state index in [-0.39, 0.29) is 5.56 Å². The van der Waals surface area contributed by atoms with Crippen molar-refractivity contribution < 1.29 is 0 Å². The predicted octanol–water partition coefficient (Wildman–Crippen LogP) is 3.14. The monoisotopic (exact) mass is 284 g/mol. The van der Waals surface area contributed by atoms with E-state index < -0.39 is 0 Å². The lowest BCUT2D eigenvalue weighted by Crippen LogP contribution is -2.19. The van der Waals surface area contributed by atoms with E-state index in [9.17, 15) is 4.79 Å². The highest BCUT2D eigenvalue weighted by Crippen LogP contribution is 2.30. The highest BCUT2D eigenvalue weighted by Gasteiger charge is 2.19. The van der Waals surface area contributed by atoms with Crippen LogP contribution in [0.25, 0.3) is 0 Å². The number of halogens is 1. The molecule has 1 aliphatic carbocycles. The van der Waals surface area contributed by atoms with Gasteiger partial charge in [0.1, 0.15) is 10.3 Å². The molecular weight excluding hydrogens is 268 g/mol. The van der Waals surface area contributed by atoms with Gasteiger partial charge < -0.3 is 4.98 Å². The summed E-state index contributed by atoms with van der Waals surface area (Å²) >= 11 is 3.29. The summed E-state index contributed by atoms with van der Waals surface area (Å²) in [5, 5.41) is 0. The molecule has 1 saturated carbocycles. The lowest BCUT2D eigenvalue weighted by atomic mass is 9.88. The van der Waals surface area contributed by atoms with Gasteiger partial charge in [0.25, 0.3) is 5.56 Å². The van der Waals surface area contributed by atoms with Gasteiger partial charge in [-0.15, -0.1) is 0 Å². The van der Waals surface area contributed by atoms with Gasteiger partial charge in [0.15, 0.2) is 0 Å². The molecule has 0 unspecified atom stereocenters.